The minimum Gasteiger partial charge on any atom is -0.369 e. The lowest BCUT2D eigenvalue weighted by atomic mass is 10.2. The summed E-state index contributed by atoms with van der Waals surface area (Å²) in [5.74, 6) is 0. The maximum atomic E-state index is 5.74. The van der Waals surface area contributed by atoms with Crippen LogP contribution in [-0.4, -0.2) is 12.7 Å². The summed E-state index contributed by atoms with van der Waals surface area (Å²) in [4.78, 5) is 0. The van der Waals surface area contributed by atoms with Crippen molar-refractivity contribution < 1.29 is 4.74 Å². The molecule has 0 aromatic heterocycles. The second-order valence-corrected chi connectivity index (χ2v) is 3.22. The van der Waals surface area contributed by atoms with E-state index in [1.165, 1.54) is 0 Å². The molecule has 0 spiro atoms. The molecule has 1 heterocycles. The van der Waals surface area contributed by atoms with Crippen molar-refractivity contribution >= 4 is 17.7 Å². The summed E-state index contributed by atoms with van der Waals surface area (Å²) >= 11 is 5.74. The molecular formula is C10H9ClO. The molecule has 1 aliphatic heterocycles. The van der Waals surface area contributed by atoms with E-state index in [1.54, 1.807) is 0 Å². The van der Waals surface area contributed by atoms with E-state index in [9.17, 15) is 0 Å². The molecule has 1 nitrogen and oxygen atoms in total. The third kappa shape index (κ3) is 2.10. The minimum absolute atomic E-state index is 0.348. The molecule has 0 bridgehead atoms. The Labute approximate surface area is 76.6 Å². The van der Waals surface area contributed by atoms with Crippen LogP contribution in [0.4, 0.5) is 0 Å². The maximum Gasteiger partial charge on any atom is 0.0994 e. The highest BCUT2D eigenvalue weighted by molar-refractivity contribution is 6.30. The summed E-state index contributed by atoms with van der Waals surface area (Å²) in [6.45, 7) is 0.865. The average molecular weight is 181 g/mol. The molecule has 0 N–H and O–H groups in total. The molecule has 62 valence electrons. The highest BCUT2D eigenvalue weighted by Crippen LogP contribution is 2.14. The Kier molecular flexibility index (Phi) is 2.15. The molecule has 2 heteroatoms. The topological polar surface area (TPSA) is 12.5 Å². The quantitative estimate of drug-likeness (QED) is 0.638. The Morgan fingerprint density at radius 2 is 2.00 bits per heavy atom. The smallest absolute Gasteiger partial charge is 0.0994 e. The second kappa shape index (κ2) is 3.30. The van der Waals surface area contributed by atoms with E-state index in [0.717, 1.165) is 17.2 Å². The fraction of sp³-hybridized carbons (Fsp3) is 0.200. The van der Waals surface area contributed by atoms with Crippen molar-refractivity contribution in [2.45, 2.75) is 6.10 Å². The van der Waals surface area contributed by atoms with Gasteiger partial charge >= 0.3 is 0 Å². The van der Waals surface area contributed by atoms with E-state index >= 15 is 0 Å². The first-order valence-corrected chi connectivity index (χ1v) is 4.28. The van der Waals surface area contributed by atoms with Gasteiger partial charge in [0.1, 0.15) is 0 Å². The van der Waals surface area contributed by atoms with Gasteiger partial charge in [-0.25, -0.2) is 0 Å². The Morgan fingerprint density at radius 3 is 2.58 bits per heavy atom. The molecule has 0 aliphatic carbocycles. The zero-order valence-corrected chi connectivity index (χ0v) is 7.29. The number of hydrogen-bond acceptors (Lipinski definition) is 1. The first-order chi connectivity index (χ1) is 5.84. The highest BCUT2D eigenvalue weighted by Gasteiger charge is 2.17. The molecule has 2 rings (SSSR count). The molecule has 0 saturated carbocycles. The van der Waals surface area contributed by atoms with Crippen LogP contribution >= 0.6 is 11.6 Å². The van der Waals surface area contributed by atoms with Crippen LogP contribution in [0.2, 0.25) is 5.02 Å². The van der Waals surface area contributed by atoms with Gasteiger partial charge in [0.15, 0.2) is 0 Å². The van der Waals surface area contributed by atoms with Crippen molar-refractivity contribution in [3.8, 4) is 0 Å². The molecule has 1 saturated heterocycles. The van der Waals surface area contributed by atoms with Gasteiger partial charge in [-0.05, 0) is 17.7 Å². The molecule has 0 radical (unpaired) electrons. The fourth-order valence-corrected chi connectivity index (χ4v) is 1.08. The van der Waals surface area contributed by atoms with Crippen molar-refractivity contribution in [2.24, 2.45) is 0 Å². The summed E-state index contributed by atoms with van der Waals surface area (Å²) in [6.07, 6.45) is 4.46. The number of rotatable bonds is 2. The fourth-order valence-electron chi connectivity index (χ4n) is 0.959. The van der Waals surface area contributed by atoms with Crippen LogP contribution in [0.1, 0.15) is 5.56 Å². The van der Waals surface area contributed by atoms with Gasteiger partial charge in [-0.1, -0.05) is 35.9 Å². The van der Waals surface area contributed by atoms with Crippen LogP contribution < -0.4 is 0 Å². The van der Waals surface area contributed by atoms with E-state index < -0.39 is 0 Å². The van der Waals surface area contributed by atoms with Gasteiger partial charge < -0.3 is 4.74 Å². The average Bonchev–Trinajstić information content (AvgIpc) is 2.87. The maximum absolute atomic E-state index is 5.74. The van der Waals surface area contributed by atoms with Gasteiger partial charge in [0, 0.05) is 5.02 Å². The summed E-state index contributed by atoms with van der Waals surface area (Å²) in [7, 11) is 0. The van der Waals surface area contributed by atoms with Crippen molar-refractivity contribution in [3.05, 3.63) is 40.9 Å². The monoisotopic (exact) mass is 180 g/mol. The normalized spacial score (nSPS) is 21.6. The SMILES string of the molecule is Clc1ccc(C=CC2CO2)cc1. The van der Waals surface area contributed by atoms with Crippen molar-refractivity contribution in [1.29, 1.82) is 0 Å². The van der Waals surface area contributed by atoms with Gasteiger partial charge in [0.2, 0.25) is 0 Å². The second-order valence-electron chi connectivity index (χ2n) is 2.78. The van der Waals surface area contributed by atoms with Gasteiger partial charge in [-0.15, -0.1) is 0 Å². The third-order valence-corrected chi connectivity index (χ3v) is 1.98. The summed E-state index contributed by atoms with van der Waals surface area (Å²) in [6, 6.07) is 7.74. The molecule has 1 aliphatic rings. The van der Waals surface area contributed by atoms with E-state index in [1.807, 2.05) is 30.3 Å². The Bertz CT molecular complexity index is 285. The van der Waals surface area contributed by atoms with E-state index in [4.69, 9.17) is 16.3 Å². The molecule has 0 amide bonds. The molecule has 1 aromatic rings. The van der Waals surface area contributed by atoms with Gasteiger partial charge in [0.05, 0.1) is 12.7 Å². The summed E-state index contributed by atoms with van der Waals surface area (Å²) in [5.41, 5.74) is 1.16. The van der Waals surface area contributed by atoms with Crippen LogP contribution in [0, 0.1) is 0 Å². The number of ether oxygens (including phenoxy) is 1. The van der Waals surface area contributed by atoms with E-state index in [-0.39, 0.29) is 0 Å². The molecule has 1 unspecified atom stereocenters. The van der Waals surface area contributed by atoms with Crippen molar-refractivity contribution in [2.75, 3.05) is 6.61 Å². The zero-order valence-electron chi connectivity index (χ0n) is 6.53. The zero-order chi connectivity index (χ0) is 8.39. The lowest BCUT2D eigenvalue weighted by molar-refractivity contribution is 0.440. The van der Waals surface area contributed by atoms with E-state index in [0.29, 0.717) is 6.10 Å². The standard InChI is InChI=1S/C10H9ClO/c11-9-4-1-8(2-5-9)3-6-10-7-12-10/h1-6,10H,7H2. The number of epoxide rings is 1. The Hall–Kier alpha value is -0.790. The predicted molar refractivity (Wildman–Crippen MR) is 50.2 cm³/mol. The minimum atomic E-state index is 0.348. The van der Waals surface area contributed by atoms with Gasteiger partial charge in [-0.2, -0.15) is 0 Å². The first-order valence-electron chi connectivity index (χ1n) is 3.90. The van der Waals surface area contributed by atoms with Gasteiger partial charge in [0.25, 0.3) is 0 Å². The van der Waals surface area contributed by atoms with Crippen LogP contribution in [-0.2, 0) is 4.74 Å². The van der Waals surface area contributed by atoms with Crippen LogP contribution in [0.25, 0.3) is 6.08 Å². The molecule has 1 aromatic carbocycles. The largest absolute Gasteiger partial charge is 0.369 e. The van der Waals surface area contributed by atoms with Gasteiger partial charge in [-0.3, -0.25) is 0 Å². The molecule has 12 heavy (non-hydrogen) atoms. The van der Waals surface area contributed by atoms with Crippen molar-refractivity contribution in [3.63, 3.8) is 0 Å². The van der Waals surface area contributed by atoms with Crippen molar-refractivity contribution in [1.82, 2.24) is 0 Å². The molecular weight excluding hydrogens is 172 g/mol. The Morgan fingerprint density at radius 1 is 1.33 bits per heavy atom. The Balaban J connectivity index is 2.07. The first kappa shape index (κ1) is 7.84. The number of benzene rings is 1. The summed E-state index contributed by atoms with van der Waals surface area (Å²) in [5, 5.41) is 0.773. The third-order valence-electron chi connectivity index (χ3n) is 1.73. The number of halogens is 1. The molecule has 1 fully saturated rings. The lowest BCUT2D eigenvalue weighted by Gasteiger charge is -1.91. The lowest BCUT2D eigenvalue weighted by Crippen LogP contribution is -1.75. The van der Waals surface area contributed by atoms with Crippen LogP contribution in [0.15, 0.2) is 30.3 Å². The molecule has 1 atom stereocenters. The van der Waals surface area contributed by atoms with Crippen LogP contribution in [0.3, 0.4) is 0 Å². The highest BCUT2D eigenvalue weighted by atomic mass is 35.5. The number of hydrogen-bond donors (Lipinski definition) is 0. The summed E-state index contributed by atoms with van der Waals surface area (Å²) < 4.78 is 5.04. The predicted octanol–water partition coefficient (Wildman–Crippen LogP) is 2.75. The van der Waals surface area contributed by atoms with Crippen LogP contribution in [0.5, 0.6) is 0 Å². The van der Waals surface area contributed by atoms with E-state index in [2.05, 4.69) is 6.08 Å².